The number of hydrogen-bond donors (Lipinski definition) is 1. The van der Waals surface area contributed by atoms with E-state index in [2.05, 4.69) is 35.5 Å². The largest absolute Gasteiger partial charge is 0.321 e. The van der Waals surface area contributed by atoms with Gasteiger partial charge in [-0.05, 0) is 43.0 Å². The van der Waals surface area contributed by atoms with Crippen LogP contribution in [0, 0.1) is 13.8 Å². The van der Waals surface area contributed by atoms with Gasteiger partial charge in [0.2, 0.25) is 0 Å². The number of carbonyl (C=O) groups excluding carboxylic acids is 1. The van der Waals surface area contributed by atoms with Crippen molar-refractivity contribution in [2.45, 2.75) is 33.7 Å². The van der Waals surface area contributed by atoms with E-state index in [0.717, 1.165) is 39.1 Å². The SMILES string of the molecule is CCc1cccc(C)c1NC(=O)c1cc2c(C)nn(Cc3ccccc3)c2s1. The Morgan fingerprint density at radius 3 is 2.64 bits per heavy atom. The Kier molecular flexibility index (Phi) is 5.01. The smallest absolute Gasteiger partial charge is 0.265 e. The fourth-order valence-electron chi connectivity index (χ4n) is 3.47. The van der Waals surface area contributed by atoms with Crippen molar-refractivity contribution in [3.05, 3.63) is 81.9 Å². The summed E-state index contributed by atoms with van der Waals surface area (Å²) in [6, 6.07) is 18.3. The Balaban J connectivity index is 1.65. The molecule has 0 radical (unpaired) electrons. The van der Waals surface area contributed by atoms with Crippen molar-refractivity contribution in [1.82, 2.24) is 9.78 Å². The lowest BCUT2D eigenvalue weighted by molar-refractivity contribution is 0.103. The molecule has 0 aliphatic heterocycles. The maximum atomic E-state index is 13.0. The lowest BCUT2D eigenvalue weighted by atomic mass is 10.1. The summed E-state index contributed by atoms with van der Waals surface area (Å²) in [6.07, 6.45) is 0.884. The van der Waals surface area contributed by atoms with Crippen LogP contribution in [0.2, 0.25) is 0 Å². The van der Waals surface area contributed by atoms with Gasteiger partial charge in [0.05, 0.1) is 17.1 Å². The van der Waals surface area contributed by atoms with Crippen LogP contribution < -0.4 is 5.32 Å². The minimum absolute atomic E-state index is 0.0594. The highest BCUT2D eigenvalue weighted by Crippen LogP contribution is 2.30. The third kappa shape index (κ3) is 3.45. The van der Waals surface area contributed by atoms with E-state index in [1.807, 2.05) is 54.9 Å². The quantitative estimate of drug-likeness (QED) is 0.484. The molecule has 1 N–H and O–H groups in total. The molecule has 0 atom stereocenters. The Hall–Kier alpha value is -2.92. The molecule has 0 aliphatic carbocycles. The van der Waals surface area contributed by atoms with Crippen molar-refractivity contribution in [2.75, 3.05) is 5.32 Å². The number of aromatic nitrogens is 2. The molecule has 0 fully saturated rings. The lowest BCUT2D eigenvalue weighted by Crippen LogP contribution is -2.13. The van der Waals surface area contributed by atoms with Crippen molar-refractivity contribution in [3.8, 4) is 0 Å². The number of aryl methyl sites for hydroxylation is 3. The van der Waals surface area contributed by atoms with Crippen LogP contribution in [0.3, 0.4) is 0 Å². The van der Waals surface area contributed by atoms with Crippen LogP contribution in [0.5, 0.6) is 0 Å². The fraction of sp³-hybridized carbons (Fsp3) is 0.217. The van der Waals surface area contributed by atoms with E-state index in [9.17, 15) is 4.79 Å². The predicted octanol–water partition coefficient (Wildman–Crippen LogP) is 5.58. The molecule has 28 heavy (non-hydrogen) atoms. The minimum atomic E-state index is -0.0594. The van der Waals surface area contributed by atoms with Gasteiger partial charge in [-0.25, -0.2) is 0 Å². The molecule has 0 bridgehead atoms. The molecule has 2 aromatic heterocycles. The average Bonchev–Trinajstić information content (AvgIpc) is 3.26. The molecule has 4 nitrogen and oxygen atoms in total. The fourth-order valence-corrected chi connectivity index (χ4v) is 4.52. The third-order valence-electron chi connectivity index (χ3n) is 4.98. The predicted molar refractivity (Wildman–Crippen MR) is 116 cm³/mol. The van der Waals surface area contributed by atoms with Crippen LogP contribution in [-0.4, -0.2) is 15.7 Å². The van der Waals surface area contributed by atoms with Crippen molar-refractivity contribution >= 4 is 33.1 Å². The summed E-state index contributed by atoms with van der Waals surface area (Å²) >= 11 is 1.50. The van der Waals surface area contributed by atoms with Crippen LogP contribution in [0.4, 0.5) is 5.69 Å². The van der Waals surface area contributed by atoms with Crippen molar-refractivity contribution in [2.24, 2.45) is 0 Å². The molecule has 142 valence electrons. The van der Waals surface area contributed by atoms with Gasteiger partial charge in [-0.3, -0.25) is 9.48 Å². The number of anilines is 1. The zero-order valence-corrected chi connectivity index (χ0v) is 17.1. The average molecular weight is 390 g/mol. The van der Waals surface area contributed by atoms with Crippen LogP contribution >= 0.6 is 11.3 Å². The molecule has 0 spiro atoms. The van der Waals surface area contributed by atoms with E-state index >= 15 is 0 Å². The Morgan fingerprint density at radius 1 is 1.11 bits per heavy atom. The summed E-state index contributed by atoms with van der Waals surface area (Å²) in [7, 11) is 0. The second-order valence-corrected chi connectivity index (χ2v) is 8.01. The lowest BCUT2D eigenvalue weighted by Gasteiger charge is -2.12. The first-order chi connectivity index (χ1) is 13.6. The van der Waals surface area contributed by atoms with Crippen LogP contribution in [0.25, 0.3) is 10.2 Å². The van der Waals surface area contributed by atoms with E-state index in [-0.39, 0.29) is 5.91 Å². The number of para-hydroxylation sites is 1. The minimum Gasteiger partial charge on any atom is -0.321 e. The monoisotopic (exact) mass is 389 g/mol. The molecule has 2 heterocycles. The normalized spacial score (nSPS) is 11.1. The van der Waals surface area contributed by atoms with Gasteiger partial charge in [0, 0.05) is 11.1 Å². The topological polar surface area (TPSA) is 46.9 Å². The highest BCUT2D eigenvalue weighted by Gasteiger charge is 2.18. The van der Waals surface area contributed by atoms with E-state index in [4.69, 9.17) is 0 Å². The molecular formula is C23H23N3OS. The molecule has 4 rings (SSSR count). The van der Waals surface area contributed by atoms with E-state index in [1.54, 1.807) is 0 Å². The van der Waals surface area contributed by atoms with Crippen LogP contribution in [-0.2, 0) is 13.0 Å². The standard InChI is InChI=1S/C23H23N3OS/c1-4-18-12-8-9-15(2)21(18)24-22(27)20-13-19-16(3)25-26(23(19)28-20)14-17-10-6-5-7-11-17/h5-13H,4,14H2,1-3H3,(H,24,27). The third-order valence-corrected chi connectivity index (χ3v) is 6.13. The molecule has 0 saturated heterocycles. The number of fused-ring (bicyclic) bond motifs is 1. The van der Waals surface area contributed by atoms with Crippen molar-refractivity contribution in [3.63, 3.8) is 0 Å². The number of thiophene rings is 1. The van der Waals surface area contributed by atoms with Gasteiger partial charge in [-0.1, -0.05) is 55.5 Å². The first-order valence-corrected chi connectivity index (χ1v) is 10.3. The number of nitrogens with one attached hydrogen (secondary N) is 1. The summed E-state index contributed by atoms with van der Waals surface area (Å²) in [5, 5.41) is 8.84. The van der Waals surface area contributed by atoms with Crippen molar-refractivity contribution < 1.29 is 4.79 Å². The number of carbonyl (C=O) groups is 1. The Bertz CT molecular complexity index is 1140. The van der Waals surface area contributed by atoms with Gasteiger partial charge in [0.25, 0.3) is 5.91 Å². The second kappa shape index (κ2) is 7.60. The van der Waals surface area contributed by atoms with E-state index < -0.39 is 0 Å². The summed E-state index contributed by atoms with van der Waals surface area (Å²) < 4.78 is 1.99. The maximum Gasteiger partial charge on any atom is 0.265 e. The van der Waals surface area contributed by atoms with Gasteiger partial charge in [0.15, 0.2) is 0 Å². The summed E-state index contributed by atoms with van der Waals surface area (Å²) in [5.74, 6) is -0.0594. The van der Waals surface area contributed by atoms with E-state index in [1.165, 1.54) is 16.9 Å². The van der Waals surface area contributed by atoms with Crippen molar-refractivity contribution in [1.29, 1.82) is 0 Å². The number of amides is 1. The molecule has 0 saturated carbocycles. The molecule has 1 amide bonds. The second-order valence-electron chi connectivity index (χ2n) is 6.97. The van der Waals surface area contributed by atoms with Gasteiger partial charge >= 0.3 is 0 Å². The number of nitrogens with zero attached hydrogens (tertiary/aromatic N) is 2. The first kappa shape index (κ1) is 18.4. The maximum absolute atomic E-state index is 13.0. The Labute approximate surface area is 168 Å². The zero-order chi connectivity index (χ0) is 19.7. The molecular weight excluding hydrogens is 366 g/mol. The number of rotatable bonds is 5. The molecule has 2 aromatic carbocycles. The highest BCUT2D eigenvalue weighted by atomic mass is 32.1. The molecule has 4 aromatic rings. The summed E-state index contributed by atoms with van der Waals surface area (Å²) in [4.78, 5) is 14.7. The highest BCUT2D eigenvalue weighted by molar-refractivity contribution is 7.20. The number of benzene rings is 2. The summed E-state index contributed by atoms with van der Waals surface area (Å²) in [5.41, 5.74) is 5.31. The first-order valence-electron chi connectivity index (χ1n) is 9.47. The van der Waals surface area contributed by atoms with Crippen LogP contribution in [0.1, 0.15) is 39.0 Å². The molecule has 0 aliphatic rings. The van der Waals surface area contributed by atoms with Gasteiger partial charge in [-0.15, -0.1) is 11.3 Å². The Morgan fingerprint density at radius 2 is 1.89 bits per heavy atom. The van der Waals surface area contributed by atoms with Gasteiger partial charge < -0.3 is 5.32 Å². The van der Waals surface area contributed by atoms with Crippen LogP contribution in [0.15, 0.2) is 54.6 Å². The van der Waals surface area contributed by atoms with E-state index in [0.29, 0.717) is 11.4 Å². The molecule has 0 unspecified atom stereocenters. The zero-order valence-electron chi connectivity index (χ0n) is 16.3. The molecule has 5 heteroatoms. The van der Waals surface area contributed by atoms with Gasteiger partial charge in [-0.2, -0.15) is 5.10 Å². The van der Waals surface area contributed by atoms with Gasteiger partial charge in [0.1, 0.15) is 4.83 Å². The summed E-state index contributed by atoms with van der Waals surface area (Å²) in [6.45, 7) is 6.83. The number of hydrogen-bond acceptors (Lipinski definition) is 3.